The Hall–Kier alpha value is -5.20. The third-order valence-corrected chi connectivity index (χ3v) is 8.44. The van der Waals surface area contributed by atoms with Crippen LogP contribution >= 0.6 is 0 Å². The molecule has 2 aliphatic heterocycles. The molecular weight excluding hydrogens is 606 g/mol. The Kier molecular flexibility index (Phi) is 10.9. The molecule has 3 aromatic rings. The summed E-state index contributed by atoms with van der Waals surface area (Å²) in [5, 5.41) is 12.6. The van der Waals surface area contributed by atoms with Gasteiger partial charge in [-0.1, -0.05) is 42.5 Å². The molecule has 13 heteroatoms. The van der Waals surface area contributed by atoms with Crippen molar-refractivity contribution in [1.29, 1.82) is 0 Å². The summed E-state index contributed by atoms with van der Waals surface area (Å²) in [6.45, 7) is 3.86. The molecule has 248 valence electrons. The molecule has 5 rings (SSSR count). The van der Waals surface area contributed by atoms with E-state index in [9.17, 15) is 29.1 Å². The number of piperazine rings is 1. The predicted molar refractivity (Wildman–Crippen MR) is 171 cm³/mol. The van der Waals surface area contributed by atoms with E-state index in [4.69, 9.17) is 9.47 Å². The number of hydrogen-bond donors (Lipinski definition) is 2. The Labute approximate surface area is 272 Å². The van der Waals surface area contributed by atoms with Gasteiger partial charge >= 0.3 is 12.1 Å². The number of nitrogens with one attached hydrogen (secondary N) is 1. The molecule has 4 amide bonds. The molecule has 47 heavy (non-hydrogen) atoms. The first-order valence-electron chi connectivity index (χ1n) is 15.8. The molecule has 2 aromatic carbocycles. The summed E-state index contributed by atoms with van der Waals surface area (Å²) in [4.78, 5) is 72.8. The lowest BCUT2D eigenvalue weighted by Gasteiger charge is -2.35. The van der Waals surface area contributed by atoms with E-state index in [1.54, 1.807) is 36.1 Å². The highest BCUT2D eigenvalue weighted by Gasteiger charge is 2.32. The monoisotopic (exact) mass is 645 g/mol. The number of carboxylic acids is 1. The van der Waals surface area contributed by atoms with Gasteiger partial charge in [-0.05, 0) is 37.5 Å². The molecule has 0 unspecified atom stereocenters. The second kappa shape index (κ2) is 15.4. The fraction of sp³-hybridized carbons (Fsp3) is 0.412. The number of likely N-dealkylation sites (tertiary alicyclic amines) is 1. The molecule has 2 fully saturated rings. The van der Waals surface area contributed by atoms with Gasteiger partial charge in [0.1, 0.15) is 17.5 Å². The average molecular weight is 646 g/mol. The number of carboxylic acid groups (broad SMARTS) is 1. The van der Waals surface area contributed by atoms with Crippen molar-refractivity contribution < 1.29 is 38.6 Å². The number of para-hydroxylation sites is 1. The predicted octanol–water partition coefficient (Wildman–Crippen LogP) is 2.89. The minimum absolute atomic E-state index is 0.0447. The van der Waals surface area contributed by atoms with Crippen LogP contribution in [-0.4, -0.2) is 113 Å². The van der Waals surface area contributed by atoms with Crippen LogP contribution in [0, 0.1) is 0 Å². The van der Waals surface area contributed by atoms with Gasteiger partial charge in [0, 0.05) is 63.1 Å². The Morgan fingerprint density at radius 1 is 0.936 bits per heavy atom. The van der Waals surface area contributed by atoms with Crippen LogP contribution in [0.1, 0.15) is 48.2 Å². The van der Waals surface area contributed by atoms with Crippen LogP contribution < -0.4 is 10.1 Å². The largest absolute Gasteiger partial charge is 0.483 e. The summed E-state index contributed by atoms with van der Waals surface area (Å²) < 4.78 is 11.0. The van der Waals surface area contributed by atoms with Gasteiger partial charge in [0.2, 0.25) is 5.91 Å². The minimum atomic E-state index is -1.14. The molecule has 0 aliphatic carbocycles. The zero-order valence-corrected chi connectivity index (χ0v) is 26.3. The number of aliphatic carboxylic acids is 1. The molecule has 2 saturated heterocycles. The first-order chi connectivity index (χ1) is 22.7. The average Bonchev–Trinajstić information content (AvgIpc) is 3.59. The van der Waals surface area contributed by atoms with E-state index in [0.717, 1.165) is 6.42 Å². The standard InChI is InChI=1S/C34H39N5O8/c1-2-46-34(45)38-18-16-37(17-19-38)33(44)27(12-13-31(41)42)36-32(43)28-20-29(25-10-6-7-11-26(25)35-28)47-22-30(40)39-15-14-24(21-39)23-8-4-3-5-9-23/h3-11,20,24,27H,2,12-19,21-22H2,1H3,(H,36,43)(H,41,42)/t24-,27-/m0/s1. The summed E-state index contributed by atoms with van der Waals surface area (Å²) in [6, 6.07) is 17.4. The Morgan fingerprint density at radius 2 is 1.64 bits per heavy atom. The quantitative estimate of drug-likeness (QED) is 0.320. The van der Waals surface area contributed by atoms with E-state index >= 15 is 0 Å². The van der Waals surface area contributed by atoms with Crippen LogP contribution in [0.25, 0.3) is 10.9 Å². The van der Waals surface area contributed by atoms with Crippen molar-refractivity contribution in [3.8, 4) is 5.75 Å². The number of fused-ring (bicyclic) bond motifs is 1. The molecule has 0 spiro atoms. The van der Waals surface area contributed by atoms with E-state index in [0.29, 0.717) is 24.0 Å². The number of nitrogens with zero attached hydrogens (tertiary/aromatic N) is 4. The number of hydrogen-bond acceptors (Lipinski definition) is 8. The molecule has 2 aliphatic rings. The molecule has 2 atom stereocenters. The molecule has 2 N–H and O–H groups in total. The van der Waals surface area contributed by atoms with Crippen molar-refractivity contribution in [2.45, 2.75) is 38.1 Å². The third-order valence-electron chi connectivity index (χ3n) is 8.44. The summed E-state index contributed by atoms with van der Waals surface area (Å²) in [5.74, 6) is -1.87. The van der Waals surface area contributed by atoms with Crippen LogP contribution in [0.5, 0.6) is 5.75 Å². The van der Waals surface area contributed by atoms with E-state index in [1.165, 1.54) is 21.4 Å². The SMILES string of the molecule is CCOC(=O)N1CCN(C(=O)[C@H](CCC(=O)O)NC(=O)c2cc(OCC(=O)N3CC[C@H](c4ccccc4)C3)c3ccccc3n2)CC1. The van der Waals surface area contributed by atoms with Crippen LogP contribution in [0.3, 0.4) is 0 Å². The van der Waals surface area contributed by atoms with E-state index in [-0.39, 0.29) is 75.5 Å². The van der Waals surface area contributed by atoms with Gasteiger partial charge in [-0.2, -0.15) is 0 Å². The Morgan fingerprint density at radius 3 is 2.36 bits per heavy atom. The molecule has 0 radical (unpaired) electrons. The van der Waals surface area contributed by atoms with Gasteiger partial charge in [0.05, 0.1) is 12.1 Å². The van der Waals surface area contributed by atoms with Crippen LogP contribution in [0.2, 0.25) is 0 Å². The van der Waals surface area contributed by atoms with Crippen molar-refractivity contribution in [1.82, 2.24) is 25.0 Å². The number of benzene rings is 2. The topological polar surface area (TPSA) is 159 Å². The maximum atomic E-state index is 13.5. The van der Waals surface area contributed by atoms with Crippen LogP contribution in [0.4, 0.5) is 4.79 Å². The molecule has 13 nitrogen and oxygen atoms in total. The lowest BCUT2D eigenvalue weighted by atomic mass is 9.99. The first-order valence-corrected chi connectivity index (χ1v) is 15.8. The number of aromatic nitrogens is 1. The highest BCUT2D eigenvalue weighted by molar-refractivity contribution is 5.99. The van der Waals surface area contributed by atoms with Gasteiger partial charge in [0.15, 0.2) is 6.61 Å². The number of carbonyl (C=O) groups is 5. The zero-order chi connectivity index (χ0) is 33.3. The number of rotatable bonds is 11. The molecule has 1 aromatic heterocycles. The summed E-state index contributed by atoms with van der Waals surface area (Å²) in [6.07, 6.45) is -0.0816. The van der Waals surface area contributed by atoms with E-state index in [1.807, 2.05) is 18.2 Å². The summed E-state index contributed by atoms with van der Waals surface area (Å²) in [5.41, 5.74) is 1.60. The lowest BCUT2D eigenvalue weighted by molar-refractivity contribution is -0.138. The minimum Gasteiger partial charge on any atom is -0.483 e. The van der Waals surface area contributed by atoms with Gasteiger partial charge in [-0.25, -0.2) is 9.78 Å². The Bertz CT molecular complexity index is 1610. The van der Waals surface area contributed by atoms with Gasteiger partial charge in [-0.3, -0.25) is 19.2 Å². The highest BCUT2D eigenvalue weighted by Crippen LogP contribution is 2.28. The first kappa shape index (κ1) is 33.2. The van der Waals surface area contributed by atoms with Crippen molar-refractivity contribution in [3.63, 3.8) is 0 Å². The van der Waals surface area contributed by atoms with Gasteiger partial charge in [0.25, 0.3) is 11.8 Å². The van der Waals surface area contributed by atoms with Crippen LogP contribution in [0.15, 0.2) is 60.7 Å². The summed E-state index contributed by atoms with van der Waals surface area (Å²) in [7, 11) is 0. The van der Waals surface area contributed by atoms with E-state index < -0.39 is 29.9 Å². The lowest BCUT2D eigenvalue weighted by Crippen LogP contribution is -2.56. The maximum Gasteiger partial charge on any atom is 0.409 e. The normalized spacial score (nSPS) is 16.9. The smallest absolute Gasteiger partial charge is 0.409 e. The second-order valence-electron chi connectivity index (χ2n) is 11.5. The number of carbonyl (C=O) groups excluding carboxylic acids is 4. The number of ether oxygens (including phenoxy) is 2. The van der Waals surface area contributed by atoms with Crippen molar-refractivity contribution in [3.05, 3.63) is 71.9 Å². The van der Waals surface area contributed by atoms with Crippen molar-refractivity contribution in [2.24, 2.45) is 0 Å². The fourth-order valence-electron chi connectivity index (χ4n) is 5.90. The van der Waals surface area contributed by atoms with Gasteiger partial charge < -0.3 is 34.6 Å². The van der Waals surface area contributed by atoms with Crippen molar-refractivity contribution in [2.75, 3.05) is 52.5 Å². The number of pyridine rings is 1. The van der Waals surface area contributed by atoms with Crippen LogP contribution in [-0.2, 0) is 19.1 Å². The fourth-order valence-corrected chi connectivity index (χ4v) is 5.90. The van der Waals surface area contributed by atoms with E-state index in [2.05, 4.69) is 22.4 Å². The zero-order valence-electron chi connectivity index (χ0n) is 26.3. The third kappa shape index (κ3) is 8.34. The summed E-state index contributed by atoms with van der Waals surface area (Å²) >= 11 is 0. The number of amides is 4. The molecule has 0 bridgehead atoms. The second-order valence-corrected chi connectivity index (χ2v) is 11.5. The molecular formula is C34H39N5O8. The molecule has 3 heterocycles. The van der Waals surface area contributed by atoms with Crippen molar-refractivity contribution >= 4 is 40.7 Å². The highest BCUT2D eigenvalue weighted by atomic mass is 16.6. The van der Waals surface area contributed by atoms with Gasteiger partial charge in [-0.15, -0.1) is 0 Å². The Balaban J connectivity index is 1.26. The maximum absolute atomic E-state index is 13.5. The molecule has 0 saturated carbocycles.